The van der Waals surface area contributed by atoms with Crippen LogP contribution >= 0.6 is 0 Å². The summed E-state index contributed by atoms with van der Waals surface area (Å²) in [6.45, 7) is 5.38. The van der Waals surface area contributed by atoms with Crippen LogP contribution in [0, 0.1) is 11.8 Å². The third-order valence-electron chi connectivity index (χ3n) is 5.99. The molecule has 2 unspecified atom stereocenters. The van der Waals surface area contributed by atoms with Crippen molar-refractivity contribution in [3.05, 3.63) is 71.8 Å². The summed E-state index contributed by atoms with van der Waals surface area (Å²) in [5.41, 5.74) is 4.14. The van der Waals surface area contributed by atoms with Gasteiger partial charge in [0.2, 0.25) is 0 Å². The number of ether oxygens (including phenoxy) is 1. The van der Waals surface area contributed by atoms with Crippen LogP contribution in [0.3, 0.4) is 0 Å². The molecule has 0 bridgehead atoms. The molecule has 0 spiro atoms. The molecule has 144 valence electrons. The lowest BCUT2D eigenvalue weighted by molar-refractivity contribution is 0.306. The number of unbranched alkanes of at least 4 members (excludes halogenated alkanes) is 2. The van der Waals surface area contributed by atoms with Crippen LogP contribution in [-0.2, 0) is 6.61 Å². The number of hydrogen-bond donors (Lipinski definition) is 0. The molecule has 0 N–H and O–H groups in total. The number of allylic oxidation sites excluding steroid dienone is 2. The molecule has 1 nitrogen and oxygen atoms in total. The van der Waals surface area contributed by atoms with E-state index in [4.69, 9.17) is 4.74 Å². The summed E-state index contributed by atoms with van der Waals surface area (Å²) in [6, 6.07) is 19.0. The highest BCUT2D eigenvalue weighted by Crippen LogP contribution is 2.35. The second-order valence-corrected chi connectivity index (χ2v) is 8.04. The number of rotatable bonds is 9. The van der Waals surface area contributed by atoms with Gasteiger partial charge >= 0.3 is 0 Å². The Morgan fingerprint density at radius 3 is 2.44 bits per heavy atom. The molecule has 0 saturated heterocycles. The minimum absolute atomic E-state index is 0.626. The van der Waals surface area contributed by atoms with Gasteiger partial charge in [-0.3, -0.25) is 0 Å². The lowest BCUT2D eigenvalue weighted by atomic mass is 9.78. The van der Waals surface area contributed by atoms with Crippen LogP contribution in [-0.4, -0.2) is 0 Å². The second kappa shape index (κ2) is 10.3. The fourth-order valence-electron chi connectivity index (χ4n) is 4.08. The van der Waals surface area contributed by atoms with Crippen molar-refractivity contribution in [2.75, 3.05) is 0 Å². The number of hydrogen-bond acceptors (Lipinski definition) is 1. The molecule has 2 aromatic carbocycles. The van der Waals surface area contributed by atoms with Crippen molar-refractivity contribution in [1.82, 2.24) is 0 Å². The van der Waals surface area contributed by atoms with Crippen molar-refractivity contribution in [3.63, 3.8) is 0 Å². The van der Waals surface area contributed by atoms with Gasteiger partial charge in [0, 0.05) is 0 Å². The topological polar surface area (TPSA) is 9.23 Å². The van der Waals surface area contributed by atoms with Crippen LogP contribution in [0.4, 0.5) is 0 Å². The molecule has 0 radical (unpaired) electrons. The zero-order chi connectivity index (χ0) is 18.9. The van der Waals surface area contributed by atoms with Gasteiger partial charge in [0.1, 0.15) is 12.4 Å². The Balaban J connectivity index is 1.50. The van der Waals surface area contributed by atoms with Gasteiger partial charge in [0.15, 0.2) is 0 Å². The summed E-state index contributed by atoms with van der Waals surface area (Å²) in [7, 11) is 0. The maximum absolute atomic E-state index is 5.84. The van der Waals surface area contributed by atoms with E-state index < -0.39 is 0 Å². The zero-order valence-corrected chi connectivity index (χ0v) is 17.0. The van der Waals surface area contributed by atoms with Gasteiger partial charge in [-0.15, -0.1) is 0 Å². The minimum Gasteiger partial charge on any atom is -0.489 e. The molecule has 0 amide bonds. The van der Waals surface area contributed by atoms with Crippen LogP contribution in [0.25, 0.3) is 5.57 Å². The monoisotopic (exact) mass is 362 g/mol. The van der Waals surface area contributed by atoms with Gasteiger partial charge in [0.05, 0.1) is 0 Å². The first-order chi connectivity index (χ1) is 13.3. The van der Waals surface area contributed by atoms with Crippen LogP contribution in [0.2, 0.25) is 0 Å². The molecule has 0 aromatic heterocycles. The van der Waals surface area contributed by atoms with Crippen molar-refractivity contribution >= 4 is 5.57 Å². The fourth-order valence-corrected chi connectivity index (χ4v) is 4.08. The summed E-state index contributed by atoms with van der Waals surface area (Å²) in [5, 5.41) is 0. The highest BCUT2D eigenvalue weighted by Gasteiger charge is 2.20. The third-order valence-corrected chi connectivity index (χ3v) is 5.99. The van der Waals surface area contributed by atoms with E-state index >= 15 is 0 Å². The average Bonchev–Trinajstić information content (AvgIpc) is 2.74. The molecule has 27 heavy (non-hydrogen) atoms. The largest absolute Gasteiger partial charge is 0.489 e. The maximum atomic E-state index is 5.84. The molecular weight excluding hydrogens is 328 g/mol. The van der Waals surface area contributed by atoms with Crippen LogP contribution in [0.1, 0.15) is 69.9 Å². The minimum atomic E-state index is 0.626. The van der Waals surface area contributed by atoms with E-state index in [1.165, 1.54) is 61.6 Å². The standard InChI is InChI=1S/C26H34O/c1-3-4-6-9-21(2)23-16-18-25(19-17-23)24-14-12-22(13-15-24)20-27-26-10-7-5-8-11-26/h5,7-8,10-15,18,21,23H,3-4,6,9,16-17,19-20H2,1-2H3. The van der Waals surface area contributed by atoms with Gasteiger partial charge < -0.3 is 4.74 Å². The summed E-state index contributed by atoms with van der Waals surface area (Å²) in [4.78, 5) is 0. The lowest BCUT2D eigenvalue weighted by Gasteiger charge is -2.27. The number of benzene rings is 2. The van der Waals surface area contributed by atoms with Crippen molar-refractivity contribution in [2.45, 2.75) is 65.4 Å². The third kappa shape index (κ3) is 5.99. The molecule has 1 heteroatoms. The van der Waals surface area contributed by atoms with Gasteiger partial charge in [0.25, 0.3) is 0 Å². The Morgan fingerprint density at radius 1 is 1.00 bits per heavy atom. The summed E-state index contributed by atoms with van der Waals surface area (Å²) < 4.78 is 5.84. The quantitative estimate of drug-likeness (QED) is 0.416. The lowest BCUT2D eigenvalue weighted by Crippen LogP contribution is -2.14. The SMILES string of the molecule is CCCCCC(C)C1CC=C(c2ccc(COc3ccccc3)cc2)CC1. The van der Waals surface area contributed by atoms with Gasteiger partial charge in [-0.25, -0.2) is 0 Å². The van der Waals surface area contributed by atoms with Gasteiger partial charge in [-0.1, -0.05) is 88.1 Å². The van der Waals surface area contributed by atoms with E-state index in [-0.39, 0.29) is 0 Å². The highest BCUT2D eigenvalue weighted by molar-refractivity contribution is 5.66. The first-order valence-electron chi connectivity index (χ1n) is 10.7. The molecule has 0 saturated carbocycles. The van der Waals surface area contributed by atoms with Crippen LogP contribution in [0.15, 0.2) is 60.7 Å². The molecule has 0 heterocycles. The Hall–Kier alpha value is -2.02. The van der Waals surface area contributed by atoms with Crippen LogP contribution in [0.5, 0.6) is 5.75 Å². The smallest absolute Gasteiger partial charge is 0.119 e. The van der Waals surface area contributed by atoms with Gasteiger partial charge in [-0.2, -0.15) is 0 Å². The van der Waals surface area contributed by atoms with E-state index in [0.29, 0.717) is 6.61 Å². The van der Waals surface area contributed by atoms with E-state index in [9.17, 15) is 0 Å². The molecule has 0 aliphatic heterocycles. The van der Waals surface area contributed by atoms with E-state index in [0.717, 1.165) is 17.6 Å². The molecule has 2 aromatic rings. The molecular formula is C26H34O. The number of para-hydroxylation sites is 1. The molecule has 3 rings (SSSR count). The van der Waals surface area contributed by atoms with Crippen LogP contribution < -0.4 is 4.74 Å². The van der Waals surface area contributed by atoms with Crippen molar-refractivity contribution in [1.29, 1.82) is 0 Å². The molecule has 0 fully saturated rings. The molecule has 2 atom stereocenters. The Bertz CT molecular complexity index is 699. The normalized spacial score (nSPS) is 18.0. The molecule has 1 aliphatic carbocycles. The Morgan fingerprint density at radius 2 is 1.78 bits per heavy atom. The summed E-state index contributed by atoms with van der Waals surface area (Å²) in [6.07, 6.45) is 11.8. The van der Waals surface area contributed by atoms with E-state index in [2.05, 4.69) is 44.2 Å². The van der Waals surface area contributed by atoms with E-state index in [1.807, 2.05) is 30.3 Å². The van der Waals surface area contributed by atoms with Gasteiger partial charge in [-0.05, 0) is 59.9 Å². The van der Waals surface area contributed by atoms with Crippen molar-refractivity contribution in [3.8, 4) is 5.75 Å². The predicted molar refractivity (Wildman–Crippen MR) is 116 cm³/mol. The molecule has 1 aliphatic rings. The van der Waals surface area contributed by atoms with Crippen molar-refractivity contribution in [2.24, 2.45) is 11.8 Å². The Kier molecular flexibility index (Phi) is 7.56. The average molecular weight is 363 g/mol. The zero-order valence-electron chi connectivity index (χ0n) is 17.0. The predicted octanol–water partition coefficient (Wildman–Crippen LogP) is 7.67. The first kappa shape index (κ1) is 19.7. The van der Waals surface area contributed by atoms with Crippen molar-refractivity contribution < 1.29 is 4.74 Å². The second-order valence-electron chi connectivity index (χ2n) is 8.04. The maximum Gasteiger partial charge on any atom is 0.119 e. The summed E-state index contributed by atoms with van der Waals surface area (Å²) in [5.74, 6) is 2.67. The Labute approximate surface area is 165 Å². The van der Waals surface area contributed by atoms with E-state index in [1.54, 1.807) is 0 Å². The fraction of sp³-hybridized carbons (Fsp3) is 0.462. The first-order valence-corrected chi connectivity index (χ1v) is 10.7. The highest BCUT2D eigenvalue weighted by atomic mass is 16.5. The summed E-state index contributed by atoms with van der Waals surface area (Å²) >= 11 is 0.